The largest absolute Gasteiger partial charge is 0.493 e. The number of methoxy groups -OCH3 is 2. The summed E-state index contributed by atoms with van der Waals surface area (Å²) >= 11 is 9.68. The molecule has 0 aliphatic carbocycles. The van der Waals surface area contributed by atoms with Crippen molar-refractivity contribution < 1.29 is 13.9 Å². The lowest BCUT2D eigenvalue weighted by molar-refractivity contribution is 0.354. The first-order valence-corrected chi connectivity index (χ1v) is 7.64. The van der Waals surface area contributed by atoms with Gasteiger partial charge in [-0.2, -0.15) is 0 Å². The van der Waals surface area contributed by atoms with Crippen LogP contribution in [0.2, 0.25) is 5.02 Å². The van der Waals surface area contributed by atoms with Crippen LogP contribution in [-0.4, -0.2) is 14.2 Å². The maximum absolute atomic E-state index is 13.1. The maximum Gasteiger partial charge on any atom is 0.160 e. The van der Waals surface area contributed by atoms with E-state index in [0.717, 1.165) is 11.1 Å². The normalized spacial score (nSPS) is 12.0. The van der Waals surface area contributed by atoms with Crippen molar-refractivity contribution in [1.29, 1.82) is 0 Å². The second-order valence-electron chi connectivity index (χ2n) is 4.53. The fraction of sp³-hybridized carbons (Fsp3) is 0.250. The Labute approximate surface area is 137 Å². The van der Waals surface area contributed by atoms with Crippen molar-refractivity contribution in [1.82, 2.24) is 0 Å². The van der Waals surface area contributed by atoms with Gasteiger partial charge >= 0.3 is 0 Å². The molecule has 0 saturated heterocycles. The average molecular weight is 374 g/mol. The summed E-state index contributed by atoms with van der Waals surface area (Å²) in [5.74, 6) is 1.03. The number of ether oxygens (including phenoxy) is 2. The molecule has 0 aliphatic rings. The molecule has 0 bridgehead atoms. The summed E-state index contributed by atoms with van der Waals surface area (Å²) < 4.78 is 23.6. The highest BCUT2D eigenvalue weighted by Gasteiger charge is 2.14. The Bertz CT molecular complexity index is 634. The molecule has 0 aliphatic heterocycles. The van der Waals surface area contributed by atoms with Crippen LogP contribution in [0.3, 0.4) is 0 Å². The van der Waals surface area contributed by atoms with Crippen LogP contribution in [0.1, 0.15) is 16.0 Å². The molecule has 0 heterocycles. The molecule has 0 fully saturated rings. The smallest absolute Gasteiger partial charge is 0.160 e. The van der Waals surface area contributed by atoms with Gasteiger partial charge in [-0.05, 0) is 41.8 Å². The van der Waals surface area contributed by atoms with Crippen LogP contribution < -0.4 is 9.47 Å². The van der Waals surface area contributed by atoms with Crippen LogP contribution in [0, 0.1) is 5.82 Å². The summed E-state index contributed by atoms with van der Waals surface area (Å²) in [7, 11) is 3.20. The molecule has 112 valence electrons. The van der Waals surface area contributed by atoms with E-state index in [2.05, 4.69) is 15.9 Å². The first kappa shape index (κ1) is 16.1. The monoisotopic (exact) mass is 372 g/mol. The minimum Gasteiger partial charge on any atom is -0.493 e. The third kappa shape index (κ3) is 3.89. The molecule has 0 spiro atoms. The van der Waals surface area contributed by atoms with Gasteiger partial charge in [-0.3, -0.25) is 0 Å². The minimum absolute atomic E-state index is 0.0105. The van der Waals surface area contributed by atoms with E-state index in [1.54, 1.807) is 20.3 Å². The lowest BCUT2D eigenvalue weighted by atomic mass is 10.0. The van der Waals surface area contributed by atoms with E-state index < -0.39 is 0 Å². The number of alkyl halides is 1. The SMILES string of the molecule is COc1ccc(CC(Br)c2ccc(F)cc2Cl)cc1OC. The van der Waals surface area contributed by atoms with Crippen LogP contribution in [0.5, 0.6) is 11.5 Å². The molecule has 1 unspecified atom stereocenters. The summed E-state index contributed by atoms with van der Waals surface area (Å²) in [6.07, 6.45) is 0.700. The maximum atomic E-state index is 13.1. The second-order valence-corrected chi connectivity index (χ2v) is 6.04. The third-order valence-electron chi connectivity index (χ3n) is 3.16. The number of hydrogen-bond acceptors (Lipinski definition) is 2. The zero-order valence-corrected chi connectivity index (χ0v) is 14.0. The molecule has 1 atom stereocenters. The number of rotatable bonds is 5. The Hall–Kier alpha value is -1.26. The van der Waals surface area contributed by atoms with Gasteiger partial charge in [0.2, 0.25) is 0 Å². The van der Waals surface area contributed by atoms with Crippen molar-refractivity contribution in [3.8, 4) is 11.5 Å². The highest BCUT2D eigenvalue weighted by Crippen LogP contribution is 2.35. The predicted octanol–water partition coefficient (Wildman–Crippen LogP) is 5.18. The Morgan fingerprint density at radius 3 is 2.43 bits per heavy atom. The van der Waals surface area contributed by atoms with Crippen molar-refractivity contribution >= 4 is 27.5 Å². The molecular formula is C16H15BrClFO2. The minimum atomic E-state index is -0.338. The van der Waals surface area contributed by atoms with E-state index >= 15 is 0 Å². The van der Waals surface area contributed by atoms with Crippen molar-refractivity contribution in [2.45, 2.75) is 11.2 Å². The van der Waals surface area contributed by atoms with Gasteiger partial charge in [0.25, 0.3) is 0 Å². The lowest BCUT2D eigenvalue weighted by Crippen LogP contribution is -1.98. The molecular weight excluding hydrogens is 359 g/mol. The molecule has 0 N–H and O–H groups in total. The van der Waals surface area contributed by atoms with Crippen LogP contribution in [0.15, 0.2) is 36.4 Å². The summed E-state index contributed by atoms with van der Waals surface area (Å²) in [6.45, 7) is 0. The van der Waals surface area contributed by atoms with E-state index in [1.807, 2.05) is 18.2 Å². The summed E-state index contributed by atoms with van der Waals surface area (Å²) in [5.41, 5.74) is 1.92. The Morgan fingerprint density at radius 2 is 1.81 bits per heavy atom. The fourth-order valence-electron chi connectivity index (χ4n) is 2.08. The van der Waals surface area contributed by atoms with Gasteiger partial charge < -0.3 is 9.47 Å². The van der Waals surface area contributed by atoms with E-state index in [0.29, 0.717) is 22.9 Å². The van der Waals surface area contributed by atoms with Gasteiger partial charge in [-0.1, -0.05) is 39.7 Å². The first-order chi connectivity index (χ1) is 10.0. The van der Waals surface area contributed by atoms with E-state index in [9.17, 15) is 4.39 Å². The zero-order valence-electron chi connectivity index (χ0n) is 11.7. The van der Waals surface area contributed by atoms with Crippen LogP contribution >= 0.6 is 27.5 Å². The molecule has 0 radical (unpaired) electrons. The summed E-state index contributed by atoms with van der Waals surface area (Å²) in [4.78, 5) is -0.0105. The number of hydrogen-bond donors (Lipinski definition) is 0. The molecule has 0 amide bonds. The molecule has 0 aromatic heterocycles. The fourth-order valence-corrected chi connectivity index (χ4v) is 3.28. The highest BCUT2D eigenvalue weighted by atomic mass is 79.9. The van der Waals surface area contributed by atoms with Gasteiger partial charge in [0.15, 0.2) is 11.5 Å². The highest BCUT2D eigenvalue weighted by molar-refractivity contribution is 9.09. The number of benzene rings is 2. The van der Waals surface area contributed by atoms with Crippen molar-refractivity contribution in [3.63, 3.8) is 0 Å². The zero-order chi connectivity index (χ0) is 15.4. The summed E-state index contributed by atoms with van der Waals surface area (Å²) in [5, 5.41) is 0.414. The van der Waals surface area contributed by atoms with Crippen molar-refractivity contribution in [2.24, 2.45) is 0 Å². The molecule has 2 nitrogen and oxygen atoms in total. The third-order valence-corrected chi connectivity index (χ3v) is 4.31. The molecule has 0 saturated carbocycles. The van der Waals surface area contributed by atoms with Crippen LogP contribution in [0.25, 0.3) is 0 Å². The number of halogens is 3. The van der Waals surface area contributed by atoms with E-state index in [4.69, 9.17) is 21.1 Å². The van der Waals surface area contributed by atoms with Crippen LogP contribution in [0.4, 0.5) is 4.39 Å². The van der Waals surface area contributed by atoms with E-state index in [1.165, 1.54) is 12.1 Å². The quantitative estimate of drug-likeness (QED) is 0.673. The Kier molecular flexibility index (Phi) is 5.48. The molecule has 21 heavy (non-hydrogen) atoms. The van der Waals surface area contributed by atoms with Crippen molar-refractivity contribution in [3.05, 3.63) is 58.4 Å². The summed E-state index contributed by atoms with van der Waals surface area (Å²) in [6, 6.07) is 10.2. The molecule has 2 aromatic rings. The molecule has 2 aromatic carbocycles. The Morgan fingerprint density at radius 1 is 1.10 bits per heavy atom. The van der Waals surface area contributed by atoms with Gasteiger partial charge in [-0.25, -0.2) is 4.39 Å². The standard InChI is InChI=1S/C16H15BrClFO2/c1-20-15-6-3-10(8-16(15)21-2)7-13(17)12-5-4-11(19)9-14(12)18/h3-6,8-9,13H,7H2,1-2H3. The Balaban J connectivity index is 2.21. The predicted molar refractivity (Wildman–Crippen MR) is 86.3 cm³/mol. The lowest BCUT2D eigenvalue weighted by Gasteiger charge is -2.14. The topological polar surface area (TPSA) is 18.5 Å². The molecule has 5 heteroatoms. The second kappa shape index (κ2) is 7.14. The van der Waals surface area contributed by atoms with Crippen LogP contribution in [-0.2, 0) is 6.42 Å². The van der Waals surface area contributed by atoms with Gasteiger partial charge in [0.05, 0.1) is 14.2 Å². The van der Waals surface area contributed by atoms with E-state index in [-0.39, 0.29) is 10.6 Å². The first-order valence-electron chi connectivity index (χ1n) is 6.35. The average Bonchev–Trinajstić information content (AvgIpc) is 2.46. The van der Waals surface area contributed by atoms with Gasteiger partial charge in [-0.15, -0.1) is 0 Å². The van der Waals surface area contributed by atoms with Gasteiger partial charge in [0, 0.05) is 9.85 Å². The van der Waals surface area contributed by atoms with Gasteiger partial charge in [0.1, 0.15) is 5.82 Å². The molecule has 2 rings (SSSR count). The van der Waals surface area contributed by atoms with Crippen molar-refractivity contribution in [2.75, 3.05) is 14.2 Å².